The molecule has 4 atom stereocenters. The Balaban J connectivity index is 2.90. The van der Waals surface area contributed by atoms with Crippen LogP contribution in [-0.4, -0.2) is 34.5 Å². The van der Waals surface area contributed by atoms with Gasteiger partial charge in [-0.2, -0.15) is 0 Å². The van der Waals surface area contributed by atoms with Gasteiger partial charge in [0, 0.05) is 23.1 Å². The van der Waals surface area contributed by atoms with Gasteiger partial charge in [0.05, 0.1) is 12.3 Å². The molecule has 0 saturated carbocycles. The second kappa shape index (κ2) is 6.87. The molecule has 1 aromatic carbocycles. The third-order valence-corrected chi connectivity index (χ3v) is 5.28. The van der Waals surface area contributed by atoms with Gasteiger partial charge in [0.1, 0.15) is 0 Å². The summed E-state index contributed by atoms with van der Waals surface area (Å²) in [5.74, 6) is -0.230. The van der Waals surface area contributed by atoms with Gasteiger partial charge < -0.3 is 15.7 Å². The molecule has 0 saturated heterocycles. The van der Waals surface area contributed by atoms with Crippen LogP contribution in [0, 0.1) is 0 Å². The fraction of sp³-hybridized carbons (Fsp3) is 0.538. The number of aliphatic hydroxyl groups is 1. The molecule has 0 spiro atoms. The zero-order valence-corrected chi connectivity index (χ0v) is 12.8. The van der Waals surface area contributed by atoms with E-state index >= 15 is 0 Å². The van der Waals surface area contributed by atoms with Crippen LogP contribution in [0.5, 0.6) is 0 Å². The van der Waals surface area contributed by atoms with E-state index in [0.717, 1.165) is 5.56 Å². The molecule has 4 nitrogen and oxygen atoms in total. The Bertz CT molecular complexity index is 448. The molecule has 6 heteroatoms. The van der Waals surface area contributed by atoms with E-state index < -0.39 is 13.5 Å². The highest BCUT2D eigenvalue weighted by Crippen LogP contribution is 2.46. The standard InChI is InChI=1S/C13H21ClNO3P/c1-9(16)7-19(17,18)8-13(10(2)15)11-3-5-12(14)6-4-11/h3-6,9-10,13,16H,7-8,15H2,1-2H3,(H,17,18). The Morgan fingerprint density at radius 1 is 1.26 bits per heavy atom. The molecule has 0 aliphatic rings. The van der Waals surface area contributed by atoms with Gasteiger partial charge in [0.2, 0.25) is 7.37 Å². The fourth-order valence-electron chi connectivity index (χ4n) is 2.08. The minimum atomic E-state index is -3.40. The van der Waals surface area contributed by atoms with Crippen LogP contribution in [0.25, 0.3) is 0 Å². The lowest BCUT2D eigenvalue weighted by Gasteiger charge is -2.24. The first kappa shape index (κ1) is 16.7. The molecule has 0 aliphatic carbocycles. The van der Waals surface area contributed by atoms with Gasteiger partial charge in [-0.05, 0) is 31.5 Å². The molecule has 19 heavy (non-hydrogen) atoms. The van der Waals surface area contributed by atoms with Crippen LogP contribution in [0.15, 0.2) is 24.3 Å². The van der Waals surface area contributed by atoms with Crippen LogP contribution < -0.4 is 5.73 Å². The van der Waals surface area contributed by atoms with Crippen molar-refractivity contribution in [3.63, 3.8) is 0 Å². The van der Waals surface area contributed by atoms with Gasteiger partial charge in [-0.1, -0.05) is 23.7 Å². The molecular weight excluding hydrogens is 285 g/mol. The first-order chi connectivity index (χ1) is 8.71. The fourth-order valence-corrected chi connectivity index (χ4v) is 4.34. The van der Waals surface area contributed by atoms with E-state index in [2.05, 4.69) is 0 Å². The van der Waals surface area contributed by atoms with Crippen molar-refractivity contribution in [1.82, 2.24) is 0 Å². The van der Waals surface area contributed by atoms with Crippen molar-refractivity contribution in [1.29, 1.82) is 0 Å². The van der Waals surface area contributed by atoms with Crippen LogP contribution in [-0.2, 0) is 4.57 Å². The number of nitrogens with two attached hydrogens (primary N) is 1. The van der Waals surface area contributed by atoms with Crippen molar-refractivity contribution in [3.05, 3.63) is 34.9 Å². The zero-order chi connectivity index (χ0) is 14.6. The molecule has 0 radical (unpaired) electrons. The summed E-state index contributed by atoms with van der Waals surface area (Å²) in [6.45, 7) is 3.31. The lowest BCUT2D eigenvalue weighted by atomic mass is 9.95. The highest BCUT2D eigenvalue weighted by molar-refractivity contribution is 7.58. The average Bonchev–Trinajstić information content (AvgIpc) is 2.25. The minimum absolute atomic E-state index is 0.0667. The molecule has 4 unspecified atom stereocenters. The van der Waals surface area contributed by atoms with Crippen molar-refractivity contribution in [2.75, 3.05) is 12.3 Å². The topological polar surface area (TPSA) is 83.5 Å². The monoisotopic (exact) mass is 305 g/mol. The molecule has 108 valence electrons. The first-order valence-electron chi connectivity index (χ1n) is 6.21. The molecular formula is C13H21ClNO3P. The van der Waals surface area contributed by atoms with Crippen LogP contribution in [0.4, 0.5) is 0 Å². The van der Waals surface area contributed by atoms with Crippen LogP contribution in [0.3, 0.4) is 0 Å². The van der Waals surface area contributed by atoms with Crippen LogP contribution in [0.2, 0.25) is 5.02 Å². The maximum absolute atomic E-state index is 12.1. The van der Waals surface area contributed by atoms with E-state index in [0.29, 0.717) is 5.02 Å². The number of hydrogen-bond acceptors (Lipinski definition) is 3. The third-order valence-electron chi connectivity index (χ3n) is 2.96. The molecule has 0 amide bonds. The summed E-state index contributed by atoms with van der Waals surface area (Å²) in [4.78, 5) is 9.93. The second-order valence-electron chi connectivity index (χ2n) is 5.08. The van der Waals surface area contributed by atoms with Gasteiger partial charge >= 0.3 is 0 Å². The second-order valence-corrected chi connectivity index (χ2v) is 7.94. The molecule has 0 heterocycles. The normalized spacial score (nSPS) is 19.5. The summed E-state index contributed by atoms with van der Waals surface area (Å²) in [6.07, 6.45) is -0.837. The predicted molar refractivity (Wildman–Crippen MR) is 79.1 cm³/mol. The lowest BCUT2D eigenvalue weighted by Crippen LogP contribution is -2.28. The summed E-state index contributed by atoms with van der Waals surface area (Å²) < 4.78 is 12.1. The van der Waals surface area contributed by atoms with E-state index in [4.69, 9.17) is 17.3 Å². The van der Waals surface area contributed by atoms with Gasteiger partial charge in [-0.3, -0.25) is 4.57 Å². The van der Waals surface area contributed by atoms with E-state index in [9.17, 15) is 14.6 Å². The summed E-state index contributed by atoms with van der Waals surface area (Å²) in [5.41, 5.74) is 6.81. The van der Waals surface area contributed by atoms with Crippen molar-refractivity contribution in [2.45, 2.75) is 31.9 Å². The van der Waals surface area contributed by atoms with Gasteiger partial charge in [-0.25, -0.2) is 0 Å². The maximum atomic E-state index is 12.1. The smallest absolute Gasteiger partial charge is 0.203 e. The number of hydrogen-bond donors (Lipinski definition) is 3. The molecule has 0 bridgehead atoms. The van der Waals surface area contributed by atoms with Gasteiger partial charge in [-0.15, -0.1) is 0 Å². The maximum Gasteiger partial charge on any atom is 0.203 e. The van der Waals surface area contributed by atoms with Crippen molar-refractivity contribution < 1.29 is 14.6 Å². The zero-order valence-electron chi connectivity index (χ0n) is 11.2. The Morgan fingerprint density at radius 3 is 2.21 bits per heavy atom. The summed E-state index contributed by atoms with van der Waals surface area (Å²) in [5, 5.41) is 9.88. The Hall–Kier alpha value is -0.380. The summed E-state index contributed by atoms with van der Waals surface area (Å²) >= 11 is 5.83. The van der Waals surface area contributed by atoms with Crippen LogP contribution >= 0.6 is 19.0 Å². The van der Waals surface area contributed by atoms with Crippen molar-refractivity contribution in [3.8, 4) is 0 Å². The van der Waals surface area contributed by atoms with E-state index in [1.54, 1.807) is 12.1 Å². The van der Waals surface area contributed by atoms with Crippen LogP contribution in [0.1, 0.15) is 25.3 Å². The first-order valence-corrected chi connectivity index (χ1v) is 8.62. The quantitative estimate of drug-likeness (QED) is 0.705. The molecule has 1 aromatic rings. The molecule has 0 aromatic heterocycles. The summed E-state index contributed by atoms with van der Waals surface area (Å²) in [7, 11) is -3.40. The minimum Gasteiger partial charge on any atom is -0.393 e. The SMILES string of the molecule is CC(O)CP(=O)(O)CC(c1ccc(Cl)cc1)C(C)N. The number of rotatable bonds is 6. The molecule has 0 fully saturated rings. The predicted octanol–water partition coefficient (Wildman–Crippen LogP) is 2.42. The number of halogens is 1. The highest BCUT2D eigenvalue weighted by atomic mass is 35.5. The third kappa shape index (κ3) is 5.64. The lowest BCUT2D eigenvalue weighted by molar-refractivity contribution is 0.214. The average molecular weight is 306 g/mol. The van der Waals surface area contributed by atoms with Gasteiger partial charge in [0.15, 0.2) is 0 Å². The molecule has 1 rings (SSSR count). The number of aliphatic hydroxyl groups excluding tert-OH is 1. The van der Waals surface area contributed by atoms with E-state index in [-0.39, 0.29) is 24.3 Å². The molecule has 4 N–H and O–H groups in total. The summed E-state index contributed by atoms with van der Waals surface area (Å²) in [6, 6.07) is 6.86. The van der Waals surface area contributed by atoms with E-state index in [1.165, 1.54) is 6.92 Å². The largest absolute Gasteiger partial charge is 0.393 e. The molecule has 0 aliphatic heterocycles. The van der Waals surface area contributed by atoms with Crippen molar-refractivity contribution >= 4 is 19.0 Å². The Morgan fingerprint density at radius 2 is 1.79 bits per heavy atom. The highest BCUT2D eigenvalue weighted by Gasteiger charge is 2.28. The van der Waals surface area contributed by atoms with Crippen molar-refractivity contribution in [2.24, 2.45) is 5.73 Å². The number of benzene rings is 1. The van der Waals surface area contributed by atoms with E-state index in [1.807, 2.05) is 19.1 Å². The Labute approximate surface area is 119 Å². The van der Waals surface area contributed by atoms with Gasteiger partial charge in [0.25, 0.3) is 0 Å². The Kier molecular flexibility index (Phi) is 6.03.